The molecule has 1 aromatic rings. The van der Waals surface area contributed by atoms with Crippen molar-refractivity contribution in [3.63, 3.8) is 0 Å². The molecule has 0 aliphatic carbocycles. The van der Waals surface area contributed by atoms with Crippen LogP contribution in [0.5, 0.6) is 0 Å². The summed E-state index contributed by atoms with van der Waals surface area (Å²) in [5.41, 5.74) is 1.34. The molecule has 0 radical (unpaired) electrons. The molecule has 0 fully saturated rings. The van der Waals surface area contributed by atoms with Crippen molar-refractivity contribution in [3.05, 3.63) is 15.6 Å². The molecular weight excluding hydrogens is 192 g/mol. The quantitative estimate of drug-likeness (QED) is 0.811. The molecule has 0 aromatic carbocycles. The van der Waals surface area contributed by atoms with Crippen molar-refractivity contribution in [1.82, 2.24) is 10.3 Å². The molecular formula is C11H18N2S. The van der Waals surface area contributed by atoms with Crippen molar-refractivity contribution in [2.75, 3.05) is 6.54 Å². The summed E-state index contributed by atoms with van der Waals surface area (Å²) in [4.78, 5) is 6.21. The van der Waals surface area contributed by atoms with Crippen LogP contribution in [-0.2, 0) is 13.0 Å². The second-order valence-electron chi connectivity index (χ2n) is 4.38. The van der Waals surface area contributed by atoms with Gasteiger partial charge in [-0.1, -0.05) is 20.8 Å². The second kappa shape index (κ2) is 3.99. The normalized spacial score (nSPS) is 18.3. The van der Waals surface area contributed by atoms with Crippen LogP contribution in [0.25, 0.3) is 0 Å². The monoisotopic (exact) mass is 210 g/mol. The van der Waals surface area contributed by atoms with Crippen LogP contribution in [0.4, 0.5) is 0 Å². The number of hydrogen-bond acceptors (Lipinski definition) is 3. The number of hydrogen-bond donors (Lipinski definition) is 1. The molecule has 78 valence electrons. The predicted octanol–water partition coefficient (Wildman–Crippen LogP) is 2.55. The standard InChI is InChI=1S/C11H18N2S/c1-7(2)8(3)11-13-9-4-5-12-6-10(9)14-11/h7-8,12H,4-6H2,1-3H3. The van der Waals surface area contributed by atoms with Gasteiger partial charge in [-0.3, -0.25) is 0 Å². The van der Waals surface area contributed by atoms with Crippen molar-refractivity contribution < 1.29 is 0 Å². The zero-order chi connectivity index (χ0) is 10.1. The van der Waals surface area contributed by atoms with Crippen LogP contribution in [0, 0.1) is 5.92 Å². The third-order valence-corrected chi connectivity index (χ3v) is 4.31. The van der Waals surface area contributed by atoms with E-state index in [1.807, 2.05) is 11.3 Å². The van der Waals surface area contributed by atoms with E-state index in [4.69, 9.17) is 4.98 Å². The lowest BCUT2D eigenvalue weighted by atomic mass is 9.99. The van der Waals surface area contributed by atoms with E-state index in [0.29, 0.717) is 11.8 Å². The summed E-state index contributed by atoms with van der Waals surface area (Å²) in [6.45, 7) is 8.93. The van der Waals surface area contributed by atoms with E-state index >= 15 is 0 Å². The summed E-state index contributed by atoms with van der Waals surface area (Å²) in [6.07, 6.45) is 1.11. The highest BCUT2D eigenvalue weighted by Gasteiger charge is 2.19. The van der Waals surface area contributed by atoms with Crippen molar-refractivity contribution in [1.29, 1.82) is 0 Å². The number of nitrogens with one attached hydrogen (secondary N) is 1. The molecule has 2 heterocycles. The average Bonchev–Trinajstić information content (AvgIpc) is 2.59. The van der Waals surface area contributed by atoms with Crippen LogP contribution >= 0.6 is 11.3 Å². The lowest BCUT2D eigenvalue weighted by molar-refractivity contribution is 0.530. The summed E-state index contributed by atoms with van der Waals surface area (Å²) in [5.74, 6) is 1.29. The number of thiazole rings is 1. The van der Waals surface area contributed by atoms with Gasteiger partial charge < -0.3 is 5.32 Å². The Hall–Kier alpha value is -0.410. The lowest BCUT2D eigenvalue weighted by Gasteiger charge is -2.11. The van der Waals surface area contributed by atoms with Crippen LogP contribution in [0.15, 0.2) is 0 Å². The van der Waals surface area contributed by atoms with Crippen molar-refractivity contribution >= 4 is 11.3 Å². The molecule has 1 N–H and O–H groups in total. The van der Waals surface area contributed by atoms with Gasteiger partial charge in [0.25, 0.3) is 0 Å². The van der Waals surface area contributed by atoms with E-state index in [2.05, 4.69) is 26.1 Å². The van der Waals surface area contributed by atoms with Gasteiger partial charge in [0, 0.05) is 30.3 Å². The molecule has 0 spiro atoms. The fourth-order valence-corrected chi connectivity index (χ4v) is 2.93. The molecule has 14 heavy (non-hydrogen) atoms. The molecule has 1 aliphatic rings. The van der Waals surface area contributed by atoms with Gasteiger partial charge in [0.1, 0.15) is 0 Å². The Bertz CT molecular complexity index is 294. The molecule has 1 unspecified atom stereocenters. The van der Waals surface area contributed by atoms with Gasteiger partial charge in [-0.05, 0) is 5.92 Å². The molecule has 0 saturated heterocycles. The number of rotatable bonds is 2. The van der Waals surface area contributed by atoms with Gasteiger partial charge in [0.2, 0.25) is 0 Å². The van der Waals surface area contributed by atoms with Crippen LogP contribution in [0.1, 0.15) is 42.3 Å². The maximum absolute atomic E-state index is 4.75. The Morgan fingerprint density at radius 3 is 2.79 bits per heavy atom. The van der Waals surface area contributed by atoms with Gasteiger partial charge in [0.05, 0.1) is 10.7 Å². The van der Waals surface area contributed by atoms with Crippen LogP contribution in [0.2, 0.25) is 0 Å². The fourth-order valence-electron chi connectivity index (χ4n) is 1.63. The van der Waals surface area contributed by atoms with Gasteiger partial charge >= 0.3 is 0 Å². The van der Waals surface area contributed by atoms with Gasteiger partial charge in [-0.15, -0.1) is 11.3 Å². The smallest absolute Gasteiger partial charge is 0.0962 e. The molecule has 0 amide bonds. The second-order valence-corrected chi connectivity index (χ2v) is 5.50. The third-order valence-electron chi connectivity index (χ3n) is 3.01. The Labute approximate surface area is 89.8 Å². The molecule has 3 heteroatoms. The summed E-state index contributed by atoms with van der Waals surface area (Å²) in [5, 5.41) is 4.72. The minimum atomic E-state index is 0.602. The van der Waals surface area contributed by atoms with Gasteiger partial charge in [-0.25, -0.2) is 4.98 Å². The molecule has 2 nitrogen and oxygen atoms in total. The average molecular weight is 210 g/mol. The number of fused-ring (bicyclic) bond motifs is 1. The first-order valence-corrected chi connectivity index (χ1v) is 6.19. The Balaban J connectivity index is 2.23. The lowest BCUT2D eigenvalue weighted by Crippen LogP contribution is -2.22. The van der Waals surface area contributed by atoms with E-state index < -0.39 is 0 Å². The van der Waals surface area contributed by atoms with E-state index in [-0.39, 0.29) is 0 Å². The SMILES string of the molecule is CC(C)C(C)c1nc2c(s1)CNCC2. The number of aromatic nitrogens is 1. The van der Waals surface area contributed by atoms with Gasteiger partial charge in [-0.2, -0.15) is 0 Å². The molecule has 1 aromatic heterocycles. The van der Waals surface area contributed by atoms with Crippen LogP contribution in [0.3, 0.4) is 0 Å². The molecule has 0 bridgehead atoms. The third kappa shape index (κ3) is 1.84. The van der Waals surface area contributed by atoms with Crippen molar-refractivity contribution in [2.45, 2.75) is 39.7 Å². The fraction of sp³-hybridized carbons (Fsp3) is 0.727. The predicted molar refractivity (Wildman–Crippen MR) is 60.8 cm³/mol. The highest BCUT2D eigenvalue weighted by Crippen LogP contribution is 2.30. The minimum Gasteiger partial charge on any atom is -0.311 e. The highest BCUT2D eigenvalue weighted by molar-refractivity contribution is 7.11. The van der Waals surface area contributed by atoms with Crippen LogP contribution in [-0.4, -0.2) is 11.5 Å². The first-order valence-electron chi connectivity index (χ1n) is 5.37. The van der Waals surface area contributed by atoms with E-state index in [1.165, 1.54) is 15.6 Å². The van der Waals surface area contributed by atoms with Gasteiger partial charge in [0.15, 0.2) is 0 Å². The maximum Gasteiger partial charge on any atom is 0.0962 e. The zero-order valence-electron chi connectivity index (χ0n) is 9.13. The molecule has 0 saturated carbocycles. The maximum atomic E-state index is 4.75. The van der Waals surface area contributed by atoms with Crippen molar-refractivity contribution in [2.24, 2.45) is 5.92 Å². The van der Waals surface area contributed by atoms with E-state index in [0.717, 1.165) is 19.5 Å². The first-order chi connectivity index (χ1) is 6.68. The molecule has 2 rings (SSSR count). The van der Waals surface area contributed by atoms with Crippen molar-refractivity contribution in [3.8, 4) is 0 Å². The topological polar surface area (TPSA) is 24.9 Å². The van der Waals surface area contributed by atoms with E-state index in [9.17, 15) is 0 Å². The highest BCUT2D eigenvalue weighted by atomic mass is 32.1. The first kappa shape index (κ1) is 10.1. The minimum absolute atomic E-state index is 0.602. The Morgan fingerprint density at radius 2 is 2.14 bits per heavy atom. The Kier molecular flexibility index (Phi) is 2.88. The molecule has 1 aliphatic heterocycles. The number of nitrogens with zero attached hydrogens (tertiary/aromatic N) is 1. The van der Waals surface area contributed by atoms with Crippen LogP contribution < -0.4 is 5.32 Å². The summed E-state index contributed by atoms with van der Waals surface area (Å²) < 4.78 is 0. The molecule has 1 atom stereocenters. The largest absolute Gasteiger partial charge is 0.311 e. The Morgan fingerprint density at radius 1 is 1.36 bits per heavy atom. The summed E-state index contributed by atoms with van der Waals surface area (Å²) >= 11 is 1.90. The van der Waals surface area contributed by atoms with E-state index in [1.54, 1.807) is 0 Å². The zero-order valence-corrected chi connectivity index (χ0v) is 9.95. The summed E-state index contributed by atoms with van der Waals surface area (Å²) in [6, 6.07) is 0. The summed E-state index contributed by atoms with van der Waals surface area (Å²) in [7, 11) is 0.